The predicted molar refractivity (Wildman–Crippen MR) is 151 cm³/mol. The Morgan fingerprint density at radius 2 is 1.89 bits per heavy atom. The Balaban J connectivity index is 1.69. The van der Waals surface area contributed by atoms with Crippen LogP contribution in [0, 0.1) is 24.2 Å². The number of nitriles is 1. The molecule has 0 unspecified atom stereocenters. The van der Waals surface area contributed by atoms with Gasteiger partial charge in [0.1, 0.15) is 21.8 Å². The van der Waals surface area contributed by atoms with Gasteiger partial charge in [-0.2, -0.15) is 5.26 Å². The van der Waals surface area contributed by atoms with Gasteiger partial charge in [0.15, 0.2) is 0 Å². The number of rotatable bonds is 6. The first-order chi connectivity index (χ1) is 17.3. The SMILES string of the molecule is CC[C@H](C)N1C(=O)/C(=C/c2c(C)c(C#N)c(=O)n(C)c2N2CCC(Cc3ccccc3)CC2)SC1=S. The van der Waals surface area contributed by atoms with E-state index in [0.717, 1.165) is 50.2 Å². The van der Waals surface area contributed by atoms with E-state index < -0.39 is 0 Å². The van der Waals surface area contributed by atoms with Gasteiger partial charge >= 0.3 is 0 Å². The van der Waals surface area contributed by atoms with Gasteiger partial charge in [-0.25, -0.2) is 0 Å². The summed E-state index contributed by atoms with van der Waals surface area (Å²) in [7, 11) is 1.72. The standard InChI is InChI=1S/C28H32N4O2S2/c1-5-18(2)32-27(34)24(36-28(32)35)16-22-19(3)23(17-29)26(33)30(4)25(22)31-13-11-21(12-14-31)15-20-9-7-6-8-10-20/h6-10,16,18,21H,5,11-15H2,1-4H3/b24-16-/t18-/m0/s1. The lowest BCUT2D eigenvalue weighted by atomic mass is 9.90. The maximum atomic E-state index is 13.2. The van der Waals surface area contributed by atoms with E-state index in [-0.39, 0.29) is 23.1 Å². The fourth-order valence-corrected chi connectivity index (χ4v) is 6.51. The maximum Gasteiger partial charge on any atom is 0.270 e. The third-order valence-corrected chi connectivity index (χ3v) is 8.71. The highest BCUT2D eigenvalue weighted by atomic mass is 32.2. The molecule has 188 valence electrons. The third kappa shape index (κ3) is 5.00. The number of amides is 1. The average molecular weight is 521 g/mol. The second-order valence-electron chi connectivity index (χ2n) is 9.64. The molecular formula is C28H32N4O2S2. The number of anilines is 1. The van der Waals surface area contributed by atoms with Crippen LogP contribution in [0.5, 0.6) is 0 Å². The molecule has 3 heterocycles. The highest BCUT2D eigenvalue weighted by molar-refractivity contribution is 8.26. The van der Waals surface area contributed by atoms with E-state index in [1.807, 2.05) is 26.0 Å². The molecule has 1 atom stereocenters. The Labute approximate surface area is 222 Å². The molecule has 0 N–H and O–H groups in total. The quantitative estimate of drug-likeness (QED) is 0.393. The van der Waals surface area contributed by atoms with Gasteiger partial charge in [0, 0.05) is 31.7 Å². The highest BCUT2D eigenvalue weighted by Crippen LogP contribution is 2.37. The fraction of sp³-hybridized carbons (Fsp3) is 0.429. The first-order valence-corrected chi connectivity index (χ1v) is 13.7. The minimum atomic E-state index is -0.305. The van der Waals surface area contributed by atoms with Gasteiger partial charge in [-0.3, -0.25) is 19.1 Å². The molecule has 8 heteroatoms. The van der Waals surface area contributed by atoms with E-state index in [0.29, 0.717) is 20.7 Å². The van der Waals surface area contributed by atoms with Gasteiger partial charge in [0.05, 0.1) is 4.91 Å². The van der Waals surface area contributed by atoms with Gasteiger partial charge in [-0.05, 0) is 62.7 Å². The molecule has 2 aromatic rings. The second kappa shape index (κ2) is 11.0. The van der Waals surface area contributed by atoms with Crippen LogP contribution in [-0.4, -0.2) is 38.8 Å². The van der Waals surface area contributed by atoms with Crippen molar-refractivity contribution in [3.8, 4) is 6.07 Å². The molecule has 36 heavy (non-hydrogen) atoms. The first-order valence-electron chi connectivity index (χ1n) is 12.5. The van der Waals surface area contributed by atoms with E-state index in [1.54, 1.807) is 23.4 Å². The number of hydrogen-bond acceptors (Lipinski definition) is 6. The Kier molecular flexibility index (Phi) is 8.01. The summed E-state index contributed by atoms with van der Waals surface area (Å²) in [4.78, 5) is 30.7. The molecule has 2 saturated heterocycles. The topological polar surface area (TPSA) is 69.3 Å². The van der Waals surface area contributed by atoms with Crippen LogP contribution in [0.4, 0.5) is 5.82 Å². The van der Waals surface area contributed by atoms with Crippen LogP contribution in [0.15, 0.2) is 40.0 Å². The van der Waals surface area contributed by atoms with Crippen LogP contribution in [0.2, 0.25) is 0 Å². The minimum absolute atomic E-state index is 0.0161. The summed E-state index contributed by atoms with van der Waals surface area (Å²) >= 11 is 6.80. The largest absolute Gasteiger partial charge is 0.357 e. The number of hydrogen-bond donors (Lipinski definition) is 0. The monoisotopic (exact) mass is 520 g/mol. The Bertz CT molecular complexity index is 1300. The van der Waals surface area contributed by atoms with E-state index in [4.69, 9.17) is 12.2 Å². The summed E-state index contributed by atoms with van der Waals surface area (Å²) in [6.45, 7) is 7.44. The van der Waals surface area contributed by atoms with Crippen molar-refractivity contribution in [3.63, 3.8) is 0 Å². The predicted octanol–water partition coefficient (Wildman–Crippen LogP) is 5.02. The van der Waals surface area contributed by atoms with E-state index >= 15 is 0 Å². The third-order valence-electron chi connectivity index (χ3n) is 7.38. The number of piperidine rings is 1. The Morgan fingerprint density at radius 1 is 1.22 bits per heavy atom. The fourth-order valence-electron chi connectivity index (χ4n) is 5.06. The number of thiocarbonyl (C=S) groups is 1. The number of carbonyl (C=O) groups is 1. The number of thioether (sulfide) groups is 1. The first kappa shape index (κ1) is 26.2. The molecule has 2 aliphatic rings. The number of aromatic nitrogens is 1. The van der Waals surface area contributed by atoms with Crippen molar-refractivity contribution < 1.29 is 4.79 Å². The van der Waals surface area contributed by atoms with E-state index in [9.17, 15) is 14.9 Å². The highest BCUT2D eigenvalue weighted by Gasteiger charge is 2.35. The van der Waals surface area contributed by atoms with Crippen LogP contribution >= 0.6 is 24.0 Å². The molecule has 2 fully saturated rings. The molecular weight excluding hydrogens is 488 g/mol. The van der Waals surface area contributed by atoms with Gasteiger partial charge in [0.25, 0.3) is 11.5 Å². The molecule has 1 aromatic heterocycles. The van der Waals surface area contributed by atoms with Crippen LogP contribution in [0.3, 0.4) is 0 Å². The minimum Gasteiger partial charge on any atom is -0.357 e. The summed E-state index contributed by atoms with van der Waals surface area (Å²) in [5.74, 6) is 1.23. The zero-order valence-electron chi connectivity index (χ0n) is 21.3. The van der Waals surface area contributed by atoms with E-state index in [2.05, 4.69) is 35.2 Å². The number of pyridine rings is 1. The number of benzene rings is 1. The van der Waals surface area contributed by atoms with Crippen molar-refractivity contribution in [2.75, 3.05) is 18.0 Å². The summed E-state index contributed by atoms with van der Waals surface area (Å²) in [6.07, 6.45) is 5.71. The molecule has 0 saturated carbocycles. The maximum absolute atomic E-state index is 13.2. The van der Waals surface area contributed by atoms with Crippen molar-refractivity contribution in [3.05, 3.63) is 67.8 Å². The molecule has 2 aliphatic heterocycles. The summed E-state index contributed by atoms with van der Waals surface area (Å²) in [6, 6.07) is 12.6. The van der Waals surface area contributed by atoms with Crippen molar-refractivity contribution in [1.82, 2.24) is 9.47 Å². The summed E-state index contributed by atoms with van der Waals surface area (Å²) in [5.41, 5.74) is 2.52. The van der Waals surface area contributed by atoms with Crippen molar-refractivity contribution in [1.29, 1.82) is 5.26 Å². The molecule has 4 rings (SSSR count). The summed E-state index contributed by atoms with van der Waals surface area (Å²) in [5, 5.41) is 9.73. The van der Waals surface area contributed by atoms with Gasteiger partial charge in [-0.15, -0.1) is 0 Å². The van der Waals surface area contributed by atoms with Crippen LogP contribution in [-0.2, 0) is 18.3 Å². The Hall–Kier alpha value is -2.89. The van der Waals surface area contributed by atoms with Crippen molar-refractivity contribution in [2.24, 2.45) is 13.0 Å². The number of carbonyl (C=O) groups excluding carboxylic acids is 1. The lowest BCUT2D eigenvalue weighted by Gasteiger charge is -2.36. The molecule has 0 aliphatic carbocycles. The van der Waals surface area contributed by atoms with Gasteiger partial charge in [-0.1, -0.05) is 61.2 Å². The van der Waals surface area contributed by atoms with Gasteiger partial charge < -0.3 is 4.90 Å². The molecule has 0 spiro atoms. The number of nitrogens with zero attached hydrogens (tertiary/aromatic N) is 4. The van der Waals surface area contributed by atoms with Gasteiger partial charge in [0.2, 0.25) is 0 Å². The Morgan fingerprint density at radius 3 is 2.50 bits per heavy atom. The lowest BCUT2D eigenvalue weighted by Crippen LogP contribution is -2.39. The molecule has 0 bridgehead atoms. The van der Waals surface area contributed by atoms with Crippen LogP contribution in [0.1, 0.15) is 55.4 Å². The van der Waals surface area contributed by atoms with E-state index in [1.165, 1.54) is 17.3 Å². The molecule has 0 radical (unpaired) electrons. The van der Waals surface area contributed by atoms with Crippen molar-refractivity contribution in [2.45, 2.75) is 52.5 Å². The van der Waals surface area contributed by atoms with Crippen LogP contribution in [0.25, 0.3) is 6.08 Å². The van der Waals surface area contributed by atoms with Crippen LogP contribution < -0.4 is 10.5 Å². The zero-order chi connectivity index (χ0) is 26.0. The molecule has 1 aromatic carbocycles. The van der Waals surface area contributed by atoms with Crippen molar-refractivity contribution >= 4 is 46.1 Å². The molecule has 6 nitrogen and oxygen atoms in total. The summed E-state index contributed by atoms with van der Waals surface area (Å²) < 4.78 is 2.12. The zero-order valence-corrected chi connectivity index (χ0v) is 22.9. The molecule has 1 amide bonds. The second-order valence-corrected chi connectivity index (χ2v) is 11.3. The normalized spacial score (nSPS) is 18.7. The average Bonchev–Trinajstić information content (AvgIpc) is 3.16. The smallest absolute Gasteiger partial charge is 0.270 e. The lowest BCUT2D eigenvalue weighted by molar-refractivity contribution is -0.123.